The molecule has 1 aromatic rings. The minimum absolute atomic E-state index is 0.114. The zero-order chi connectivity index (χ0) is 13.1. The Morgan fingerprint density at radius 3 is 2.18 bits per heavy atom. The molecule has 17 heavy (non-hydrogen) atoms. The third kappa shape index (κ3) is 3.85. The fraction of sp³-hybridized carbons (Fsp3) is 0.533. The molecular weight excluding hydrogens is 232 g/mol. The fourth-order valence-electron chi connectivity index (χ4n) is 1.72. The smallest absolute Gasteiger partial charge is 0.169 e. The van der Waals surface area contributed by atoms with Gasteiger partial charge in [-0.3, -0.25) is 4.79 Å². The van der Waals surface area contributed by atoms with Gasteiger partial charge in [-0.25, -0.2) is 0 Å². The average Bonchev–Trinajstić information content (AvgIpc) is 2.28. The molecule has 0 bridgehead atoms. The lowest BCUT2D eigenvalue weighted by Crippen LogP contribution is -2.26. The number of carbonyl (C=O) groups excluding carboxylic acids is 1. The van der Waals surface area contributed by atoms with E-state index in [2.05, 4.69) is 13.8 Å². The lowest BCUT2D eigenvalue weighted by atomic mass is 9.86. The van der Waals surface area contributed by atoms with Crippen molar-refractivity contribution in [3.63, 3.8) is 0 Å². The molecule has 0 amide bonds. The van der Waals surface area contributed by atoms with E-state index in [1.165, 1.54) is 5.56 Å². The van der Waals surface area contributed by atoms with Crippen molar-refractivity contribution in [2.45, 2.75) is 34.1 Å². The molecule has 0 N–H and O–H groups in total. The first-order valence-electron chi connectivity index (χ1n) is 6.06. The largest absolute Gasteiger partial charge is 0.294 e. The first kappa shape index (κ1) is 14.2. The van der Waals surface area contributed by atoms with E-state index in [9.17, 15) is 4.79 Å². The van der Waals surface area contributed by atoms with Crippen LogP contribution in [0.3, 0.4) is 0 Å². The standard InChI is InChI=1S/C15H21ClO/c1-11(2)9-12-5-7-13(8-6-12)14(17)15(3,4)10-16/h5-8,11H,9-10H2,1-4H3. The highest BCUT2D eigenvalue weighted by molar-refractivity contribution is 6.20. The van der Waals surface area contributed by atoms with E-state index in [-0.39, 0.29) is 5.78 Å². The van der Waals surface area contributed by atoms with Crippen molar-refractivity contribution < 1.29 is 4.79 Å². The molecule has 0 aliphatic heterocycles. The van der Waals surface area contributed by atoms with Crippen LogP contribution in [0.25, 0.3) is 0 Å². The Bertz CT molecular complexity index is 376. The number of Topliss-reactive ketones (excluding diaryl/α,β-unsaturated/α-hetero) is 1. The lowest BCUT2D eigenvalue weighted by molar-refractivity contribution is 0.0862. The molecule has 0 aliphatic rings. The van der Waals surface area contributed by atoms with Gasteiger partial charge in [-0.05, 0) is 17.9 Å². The van der Waals surface area contributed by atoms with E-state index >= 15 is 0 Å². The molecule has 0 aliphatic carbocycles. The highest BCUT2D eigenvalue weighted by atomic mass is 35.5. The minimum atomic E-state index is -0.485. The number of ketones is 1. The van der Waals surface area contributed by atoms with Crippen LogP contribution in [0.4, 0.5) is 0 Å². The van der Waals surface area contributed by atoms with Crippen molar-refractivity contribution >= 4 is 17.4 Å². The van der Waals surface area contributed by atoms with Gasteiger partial charge in [0.25, 0.3) is 0 Å². The van der Waals surface area contributed by atoms with Gasteiger partial charge in [0.15, 0.2) is 5.78 Å². The first-order valence-corrected chi connectivity index (χ1v) is 6.60. The Kier molecular flexibility index (Phi) is 4.76. The Morgan fingerprint density at radius 1 is 1.24 bits per heavy atom. The highest BCUT2D eigenvalue weighted by Crippen LogP contribution is 2.23. The Hall–Kier alpha value is -0.820. The highest BCUT2D eigenvalue weighted by Gasteiger charge is 2.27. The molecule has 0 unspecified atom stereocenters. The van der Waals surface area contributed by atoms with Crippen LogP contribution in [0.15, 0.2) is 24.3 Å². The summed E-state index contributed by atoms with van der Waals surface area (Å²) >= 11 is 5.82. The molecule has 1 rings (SSSR count). The van der Waals surface area contributed by atoms with Crippen LogP contribution in [0, 0.1) is 11.3 Å². The molecule has 94 valence electrons. The summed E-state index contributed by atoms with van der Waals surface area (Å²) in [5, 5.41) is 0. The Labute approximate surface area is 109 Å². The Morgan fingerprint density at radius 2 is 1.76 bits per heavy atom. The van der Waals surface area contributed by atoms with Gasteiger partial charge < -0.3 is 0 Å². The topological polar surface area (TPSA) is 17.1 Å². The van der Waals surface area contributed by atoms with Crippen LogP contribution < -0.4 is 0 Å². The molecule has 0 fully saturated rings. The lowest BCUT2D eigenvalue weighted by Gasteiger charge is -2.19. The third-order valence-electron chi connectivity index (χ3n) is 2.81. The van der Waals surface area contributed by atoms with Crippen LogP contribution in [0.1, 0.15) is 43.6 Å². The van der Waals surface area contributed by atoms with Gasteiger partial charge in [0.2, 0.25) is 0 Å². The molecule has 0 aromatic heterocycles. The maximum absolute atomic E-state index is 12.1. The molecule has 0 spiro atoms. The summed E-state index contributed by atoms with van der Waals surface area (Å²) in [6.07, 6.45) is 1.05. The van der Waals surface area contributed by atoms with Gasteiger partial charge in [-0.1, -0.05) is 52.0 Å². The molecule has 1 nitrogen and oxygen atoms in total. The van der Waals surface area contributed by atoms with Crippen LogP contribution in [-0.2, 0) is 6.42 Å². The van der Waals surface area contributed by atoms with Gasteiger partial charge in [-0.15, -0.1) is 11.6 Å². The summed E-state index contributed by atoms with van der Waals surface area (Å²) in [5.41, 5.74) is 1.55. The SMILES string of the molecule is CC(C)Cc1ccc(C(=O)C(C)(C)CCl)cc1. The molecule has 0 saturated carbocycles. The maximum Gasteiger partial charge on any atom is 0.169 e. The number of hydrogen-bond donors (Lipinski definition) is 0. The minimum Gasteiger partial charge on any atom is -0.294 e. The number of benzene rings is 1. The summed E-state index contributed by atoms with van der Waals surface area (Å²) in [7, 11) is 0. The predicted octanol–water partition coefficient (Wildman–Crippen LogP) is 4.33. The monoisotopic (exact) mass is 252 g/mol. The number of hydrogen-bond acceptors (Lipinski definition) is 1. The van der Waals surface area contributed by atoms with Crippen molar-refractivity contribution in [2.24, 2.45) is 11.3 Å². The summed E-state index contributed by atoms with van der Waals surface area (Å²) in [6.45, 7) is 8.14. The van der Waals surface area contributed by atoms with Crippen molar-refractivity contribution in [1.29, 1.82) is 0 Å². The first-order chi connectivity index (χ1) is 7.86. The normalized spacial score (nSPS) is 11.9. The number of alkyl halides is 1. The second-order valence-corrected chi connectivity index (χ2v) is 5.91. The van der Waals surface area contributed by atoms with Crippen molar-refractivity contribution in [3.05, 3.63) is 35.4 Å². The number of carbonyl (C=O) groups is 1. The van der Waals surface area contributed by atoms with E-state index < -0.39 is 5.41 Å². The van der Waals surface area contributed by atoms with Crippen LogP contribution >= 0.6 is 11.6 Å². The van der Waals surface area contributed by atoms with Crippen molar-refractivity contribution in [1.82, 2.24) is 0 Å². The second-order valence-electron chi connectivity index (χ2n) is 5.64. The van der Waals surface area contributed by atoms with Crippen molar-refractivity contribution in [3.8, 4) is 0 Å². The number of rotatable bonds is 5. The summed E-state index contributed by atoms with van der Waals surface area (Å²) in [4.78, 5) is 12.1. The zero-order valence-corrected chi connectivity index (χ0v) is 11.8. The van der Waals surface area contributed by atoms with Crippen LogP contribution in [0.5, 0.6) is 0 Å². The summed E-state index contributed by atoms with van der Waals surface area (Å²) in [6, 6.07) is 7.90. The summed E-state index contributed by atoms with van der Waals surface area (Å²) < 4.78 is 0. The summed E-state index contributed by atoms with van der Waals surface area (Å²) in [5.74, 6) is 1.10. The zero-order valence-electron chi connectivity index (χ0n) is 11.1. The molecular formula is C15H21ClO. The van der Waals surface area contributed by atoms with Crippen LogP contribution in [0.2, 0.25) is 0 Å². The number of halogens is 1. The third-order valence-corrected chi connectivity index (χ3v) is 3.48. The van der Waals surface area contributed by atoms with Gasteiger partial charge >= 0.3 is 0 Å². The average molecular weight is 253 g/mol. The second kappa shape index (κ2) is 5.68. The van der Waals surface area contributed by atoms with Gasteiger partial charge in [0.1, 0.15) is 0 Å². The van der Waals surface area contributed by atoms with E-state index in [0.717, 1.165) is 12.0 Å². The van der Waals surface area contributed by atoms with Crippen molar-refractivity contribution in [2.75, 3.05) is 5.88 Å². The van der Waals surface area contributed by atoms with E-state index in [1.807, 2.05) is 38.1 Å². The molecule has 1 aromatic carbocycles. The van der Waals surface area contributed by atoms with Gasteiger partial charge in [0, 0.05) is 16.9 Å². The molecule has 2 heteroatoms. The molecule has 0 saturated heterocycles. The van der Waals surface area contributed by atoms with E-state index in [1.54, 1.807) is 0 Å². The predicted molar refractivity (Wildman–Crippen MR) is 73.8 cm³/mol. The van der Waals surface area contributed by atoms with E-state index in [0.29, 0.717) is 11.8 Å². The quantitative estimate of drug-likeness (QED) is 0.563. The van der Waals surface area contributed by atoms with E-state index in [4.69, 9.17) is 11.6 Å². The van der Waals surface area contributed by atoms with Gasteiger partial charge in [-0.2, -0.15) is 0 Å². The Balaban J connectivity index is 2.84. The molecule has 0 atom stereocenters. The fourth-order valence-corrected chi connectivity index (χ4v) is 1.84. The molecule has 0 heterocycles. The van der Waals surface area contributed by atoms with Gasteiger partial charge in [0.05, 0.1) is 0 Å². The maximum atomic E-state index is 12.1. The molecule has 0 radical (unpaired) electrons. The van der Waals surface area contributed by atoms with Crippen LogP contribution in [-0.4, -0.2) is 11.7 Å².